The molecule has 2 unspecified atom stereocenters. The smallest absolute Gasteiger partial charge is 0.103 e. The summed E-state index contributed by atoms with van der Waals surface area (Å²) in [5.74, 6) is 0. The van der Waals surface area contributed by atoms with Crippen LogP contribution in [0.4, 0.5) is 0 Å². The Labute approximate surface area is 99.9 Å². The van der Waals surface area contributed by atoms with Crippen LogP contribution in [0.1, 0.15) is 17.9 Å². The zero-order valence-corrected chi connectivity index (χ0v) is 10.2. The van der Waals surface area contributed by atoms with Gasteiger partial charge in [0.2, 0.25) is 0 Å². The molecule has 1 rings (SSSR count). The maximum Gasteiger partial charge on any atom is 0.103 e. The Bertz CT molecular complexity index is 266. The summed E-state index contributed by atoms with van der Waals surface area (Å²) in [5, 5.41) is 23.6. The van der Waals surface area contributed by atoms with Gasteiger partial charge in [-0.15, -0.1) is 11.3 Å². The van der Waals surface area contributed by atoms with Gasteiger partial charge >= 0.3 is 0 Å². The van der Waals surface area contributed by atoms with Crippen LogP contribution in [-0.4, -0.2) is 42.6 Å². The van der Waals surface area contributed by atoms with Gasteiger partial charge in [-0.25, -0.2) is 0 Å². The van der Waals surface area contributed by atoms with Crippen LogP contribution in [0.25, 0.3) is 0 Å². The van der Waals surface area contributed by atoms with E-state index in [2.05, 4.69) is 5.32 Å². The number of thiophene rings is 1. The van der Waals surface area contributed by atoms with Gasteiger partial charge in [0.15, 0.2) is 0 Å². The minimum absolute atomic E-state index is 0.00336. The highest BCUT2D eigenvalue weighted by Crippen LogP contribution is 2.21. The van der Waals surface area contributed by atoms with Crippen LogP contribution in [0.3, 0.4) is 0 Å². The van der Waals surface area contributed by atoms with Gasteiger partial charge in [0.05, 0.1) is 19.8 Å². The van der Waals surface area contributed by atoms with E-state index in [9.17, 15) is 5.11 Å². The Morgan fingerprint density at radius 3 is 2.94 bits per heavy atom. The average molecular weight is 245 g/mol. The molecule has 0 saturated heterocycles. The Morgan fingerprint density at radius 2 is 2.31 bits per heavy atom. The first-order chi connectivity index (χ1) is 7.75. The second-order valence-electron chi connectivity index (χ2n) is 3.54. The second kappa shape index (κ2) is 7.76. The number of hydrogen-bond donors (Lipinski definition) is 3. The van der Waals surface area contributed by atoms with Crippen LogP contribution < -0.4 is 5.32 Å². The standard InChI is InChI=1S/C11H19NO3S/c1-9(12-4-6-15-7-5-13)11(14)10-3-2-8-16-10/h2-3,8-9,11-14H,4-7H2,1H3. The van der Waals surface area contributed by atoms with E-state index in [1.165, 1.54) is 0 Å². The minimum atomic E-state index is -0.474. The lowest BCUT2D eigenvalue weighted by Gasteiger charge is -2.19. The van der Waals surface area contributed by atoms with Crippen molar-refractivity contribution in [2.24, 2.45) is 0 Å². The SMILES string of the molecule is CC(NCCOCCO)C(O)c1cccs1. The van der Waals surface area contributed by atoms with E-state index in [4.69, 9.17) is 9.84 Å². The minimum Gasteiger partial charge on any atom is -0.394 e. The molecule has 16 heavy (non-hydrogen) atoms. The summed E-state index contributed by atoms with van der Waals surface area (Å²) in [6.07, 6.45) is -0.474. The first-order valence-corrected chi connectivity index (χ1v) is 6.27. The fraction of sp³-hybridized carbons (Fsp3) is 0.636. The van der Waals surface area contributed by atoms with E-state index in [1.807, 2.05) is 24.4 Å². The zero-order chi connectivity index (χ0) is 11.8. The molecule has 0 spiro atoms. The Balaban J connectivity index is 2.17. The molecule has 0 aliphatic heterocycles. The molecule has 0 aromatic carbocycles. The summed E-state index contributed by atoms with van der Waals surface area (Å²) in [4.78, 5) is 0.969. The fourth-order valence-corrected chi connectivity index (χ4v) is 2.16. The molecule has 1 heterocycles. The molecule has 0 radical (unpaired) electrons. The van der Waals surface area contributed by atoms with E-state index in [-0.39, 0.29) is 12.6 Å². The molecule has 0 aliphatic carbocycles. The first kappa shape index (κ1) is 13.6. The first-order valence-electron chi connectivity index (χ1n) is 5.39. The maximum absolute atomic E-state index is 9.95. The highest BCUT2D eigenvalue weighted by molar-refractivity contribution is 7.10. The summed E-state index contributed by atoms with van der Waals surface area (Å²) >= 11 is 1.55. The molecule has 1 aromatic heterocycles. The Kier molecular flexibility index (Phi) is 6.59. The van der Waals surface area contributed by atoms with Gasteiger partial charge in [-0.3, -0.25) is 0 Å². The third kappa shape index (κ3) is 4.59. The van der Waals surface area contributed by atoms with Crippen molar-refractivity contribution < 1.29 is 14.9 Å². The van der Waals surface area contributed by atoms with Crippen molar-refractivity contribution in [3.8, 4) is 0 Å². The molecule has 1 aromatic rings. The number of aliphatic hydroxyl groups is 2. The van der Waals surface area contributed by atoms with E-state index >= 15 is 0 Å². The van der Waals surface area contributed by atoms with Gasteiger partial charge in [-0.2, -0.15) is 0 Å². The van der Waals surface area contributed by atoms with Crippen molar-refractivity contribution in [1.82, 2.24) is 5.32 Å². The highest BCUT2D eigenvalue weighted by atomic mass is 32.1. The lowest BCUT2D eigenvalue weighted by Crippen LogP contribution is -2.34. The van der Waals surface area contributed by atoms with Crippen LogP contribution in [0.15, 0.2) is 17.5 Å². The van der Waals surface area contributed by atoms with Crippen LogP contribution in [0.5, 0.6) is 0 Å². The van der Waals surface area contributed by atoms with Gasteiger partial charge in [0, 0.05) is 17.5 Å². The molecule has 0 aliphatic rings. The molecule has 3 N–H and O–H groups in total. The average Bonchev–Trinajstić information content (AvgIpc) is 2.81. The zero-order valence-electron chi connectivity index (χ0n) is 9.43. The summed E-state index contributed by atoms with van der Waals surface area (Å²) in [5.41, 5.74) is 0. The molecule has 0 amide bonds. The van der Waals surface area contributed by atoms with Gasteiger partial charge in [0.25, 0.3) is 0 Å². The quantitative estimate of drug-likeness (QED) is 0.592. The molecule has 92 valence electrons. The van der Waals surface area contributed by atoms with Crippen LogP contribution in [-0.2, 0) is 4.74 Å². The predicted molar refractivity (Wildman–Crippen MR) is 64.6 cm³/mol. The molecule has 2 atom stereocenters. The number of hydrogen-bond acceptors (Lipinski definition) is 5. The van der Waals surface area contributed by atoms with Crippen molar-refractivity contribution >= 4 is 11.3 Å². The molecule has 0 fully saturated rings. The summed E-state index contributed by atoms with van der Waals surface area (Å²) in [6, 6.07) is 3.85. The molecule has 5 heteroatoms. The molecule has 0 saturated carbocycles. The summed E-state index contributed by atoms with van der Waals surface area (Å²) in [7, 11) is 0. The normalized spacial score (nSPS) is 14.9. The number of rotatable bonds is 8. The maximum atomic E-state index is 9.95. The topological polar surface area (TPSA) is 61.7 Å². The molecule has 4 nitrogen and oxygen atoms in total. The van der Waals surface area contributed by atoms with Crippen molar-refractivity contribution in [3.05, 3.63) is 22.4 Å². The van der Waals surface area contributed by atoms with Gasteiger partial charge in [0.1, 0.15) is 6.10 Å². The predicted octanol–water partition coefficient (Wildman–Crippen LogP) is 0.768. The van der Waals surface area contributed by atoms with Gasteiger partial charge in [-0.1, -0.05) is 6.07 Å². The number of aliphatic hydroxyl groups excluding tert-OH is 2. The third-order valence-electron chi connectivity index (χ3n) is 2.26. The molecule has 0 bridgehead atoms. The van der Waals surface area contributed by atoms with E-state index in [1.54, 1.807) is 11.3 Å². The van der Waals surface area contributed by atoms with Crippen molar-refractivity contribution in [2.45, 2.75) is 19.1 Å². The highest BCUT2D eigenvalue weighted by Gasteiger charge is 2.16. The number of ether oxygens (including phenoxy) is 1. The van der Waals surface area contributed by atoms with Gasteiger partial charge in [-0.05, 0) is 18.4 Å². The van der Waals surface area contributed by atoms with Crippen LogP contribution in [0.2, 0.25) is 0 Å². The summed E-state index contributed by atoms with van der Waals surface area (Å²) in [6.45, 7) is 3.57. The molecular formula is C11H19NO3S. The van der Waals surface area contributed by atoms with Crippen LogP contribution >= 0.6 is 11.3 Å². The van der Waals surface area contributed by atoms with Crippen molar-refractivity contribution in [3.63, 3.8) is 0 Å². The lowest BCUT2D eigenvalue weighted by atomic mass is 10.1. The largest absolute Gasteiger partial charge is 0.394 e. The Hall–Kier alpha value is -0.460. The second-order valence-corrected chi connectivity index (χ2v) is 4.52. The Morgan fingerprint density at radius 1 is 1.50 bits per heavy atom. The third-order valence-corrected chi connectivity index (χ3v) is 3.20. The molecular weight excluding hydrogens is 226 g/mol. The van der Waals surface area contributed by atoms with Crippen LogP contribution in [0, 0.1) is 0 Å². The van der Waals surface area contributed by atoms with E-state index < -0.39 is 6.10 Å². The van der Waals surface area contributed by atoms with Gasteiger partial charge < -0.3 is 20.3 Å². The fourth-order valence-electron chi connectivity index (χ4n) is 1.34. The van der Waals surface area contributed by atoms with Crippen molar-refractivity contribution in [2.75, 3.05) is 26.4 Å². The van der Waals surface area contributed by atoms with Crippen molar-refractivity contribution in [1.29, 1.82) is 0 Å². The van der Waals surface area contributed by atoms with E-state index in [0.717, 1.165) is 4.88 Å². The van der Waals surface area contributed by atoms with E-state index in [0.29, 0.717) is 19.8 Å². The summed E-state index contributed by atoms with van der Waals surface area (Å²) < 4.78 is 5.11. The lowest BCUT2D eigenvalue weighted by molar-refractivity contribution is 0.0854. The monoisotopic (exact) mass is 245 g/mol. The number of nitrogens with one attached hydrogen (secondary N) is 1.